The molecule has 3 heteroatoms. The van der Waals surface area contributed by atoms with Crippen LogP contribution in [0.1, 0.15) is 38.7 Å². The van der Waals surface area contributed by atoms with Crippen molar-refractivity contribution in [2.75, 3.05) is 0 Å². The topological polar surface area (TPSA) is 37.3 Å². The van der Waals surface area contributed by atoms with Crippen molar-refractivity contribution >= 4 is 23.6 Å². The first-order valence-corrected chi connectivity index (χ1v) is 6.46. The number of carbonyl (C=O) groups is 1. The maximum absolute atomic E-state index is 10.9. The van der Waals surface area contributed by atoms with E-state index in [1.54, 1.807) is 13.8 Å². The smallest absolute Gasteiger partial charge is 0.309 e. The van der Waals surface area contributed by atoms with Gasteiger partial charge in [0.1, 0.15) is 0 Å². The van der Waals surface area contributed by atoms with E-state index in [0.29, 0.717) is 6.42 Å². The summed E-state index contributed by atoms with van der Waals surface area (Å²) in [6.45, 7) is 3.51. The van der Waals surface area contributed by atoms with Crippen molar-refractivity contribution in [3.8, 4) is 0 Å². The maximum Gasteiger partial charge on any atom is 0.309 e. The summed E-state index contributed by atoms with van der Waals surface area (Å²) >= 11 is 6.02. The lowest BCUT2D eigenvalue weighted by Crippen LogP contribution is -2.23. The molecule has 0 spiro atoms. The fourth-order valence-electron chi connectivity index (χ4n) is 1.59. The number of hydrogen-bond donors (Lipinski definition) is 1. The third-order valence-electron chi connectivity index (χ3n) is 2.95. The summed E-state index contributed by atoms with van der Waals surface area (Å²) in [7, 11) is 0. The molecule has 1 N–H and O–H groups in total. The molecule has 0 radical (unpaired) electrons. The molecular formula is C15H19ClO2. The SMILES string of the molecule is CC(C)(CCC/C=C/c1ccccc1Cl)C(=O)O. The fraction of sp³-hybridized carbons (Fsp3) is 0.400. The molecule has 0 aromatic heterocycles. The zero-order chi connectivity index (χ0) is 13.6. The van der Waals surface area contributed by atoms with Crippen LogP contribution in [0.3, 0.4) is 0 Å². The van der Waals surface area contributed by atoms with Crippen LogP contribution >= 0.6 is 11.6 Å². The van der Waals surface area contributed by atoms with Crippen LogP contribution in [0.4, 0.5) is 0 Å². The Balaban J connectivity index is 2.39. The van der Waals surface area contributed by atoms with Gasteiger partial charge in [-0.3, -0.25) is 4.79 Å². The normalized spacial score (nSPS) is 11.9. The Morgan fingerprint density at radius 2 is 2.06 bits per heavy atom. The lowest BCUT2D eigenvalue weighted by molar-refractivity contribution is -0.147. The summed E-state index contributed by atoms with van der Waals surface area (Å²) in [6.07, 6.45) is 6.42. The van der Waals surface area contributed by atoms with Crippen molar-refractivity contribution in [1.29, 1.82) is 0 Å². The molecule has 0 aliphatic rings. The second-order valence-corrected chi connectivity index (χ2v) is 5.41. The van der Waals surface area contributed by atoms with E-state index >= 15 is 0 Å². The lowest BCUT2D eigenvalue weighted by Gasteiger charge is -2.17. The molecule has 1 rings (SSSR count). The second kappa shape index (κ2) is 6.60. The molecule has 0 heterocycles. The Hall–Kier alpha value is -1.28. The highest BCUT2D eigenvalue weighted by Crippen LogP contribution is 2.24. The molecule has 98 valence electrons. The van der Waals surface area contributed by atoms with Crippen molar-refractivity contribution < 1.29 is 9.90 Å². The molecule has 1 aromatic carbocycles. The second-order valence-electron chi connectivity index (χ2n) is 5.01. The van der Waals surface area contributed by atoms with Crippen LogP contribution in [-0.2, 0) is 4.79 Å². The van der Waals surface area contributed by atoms with Crippen molar-refractivity contribution in [3.05, 3.63) is 40.9 Å². The molecule has 0 fully saturated rings. The minimum Gasteiger partial charge on any atom is -0.481 e. The number of benzene rings is 1. The molecule has 0 aliphatic carbocycles. The molecule has 2 nitrogen and oxygen atoms in total. The van der Waals surface area contributed by atoms with E-state index in [0.717, 1.165) is 23.4 Å². The van der Waals surface area contributed by atoms with Crippen LogP contribution in [0.5, 0.6) is 0 Å². The van der Waals surface area contributed by atoms with E-state index in [1.165, 1.54) is 0 Å². The number of unbranched alkanes of at least 4 members (excludes halogenated alkanes) is 1. The molecular weight excluding hydrogens is 248 g/mol. The standard InChI is InChI=1S/C15H19ClO2/c1-15(2,14(17)18)11-7-3-4-8-12-9-5-6-10-13(12)16/h4-6,8-10H,3,7,11H2,1-2H3,(H,17,18)/b8-4+. The Labute approximate surface area is 113 Å². The van der Waals surface area contributed by atoms with E-state index in [4.69, 9.17) is 16.7 Å². The third kappa shape index (κ3) is 4.53. The van der Waals surface area contributed by atoms with Gasteiger partial charge in [-0.25, -0.2) is 0 Å². The van der Waals surface area contributed by atoms with Gasteiger partial charge in [0.05, 0.1) is 5.41 Å². The first-order chi connectivity index (χ1) is 8.43. The van der Waals surface area contributed by atoms with Crippen molar-refractivity contribution in [3.63, 3.8) is 0 Å². The first kappa shape index (κ1) is 14.8. The largest absolute Gasteiger partial charge is 0.481 e. The Morgan fingerprint density at radius 3 is 2.67 bits per heavy atom. The Kier molecular flexibility index (Phi) is 5.42. The van der Waals surface area contributed by atoms with Gasteiger partial charge in [-0.2, -0.15) is 0 Å². The van der Waals surface area contributed by atoms with Crippen LogP contribution in [-0.4, -0.2) is 11.1 Å². The van der Waals surface area contributed by atoms with E-state index in [2.05, 4.69) is 0 Å². The quantitative estimate of drug-likeness (QED) is 0.762. The van der Waals surface area contributed by atoms with Crippen molar-refractivity contribution in [2.24, 2.45) is 5.41 Å². The summed E-state index contributed by atoms with van der Waals surface area (Å²) in [5, 5.41) is 9.71. The van der Waals surface area contributed by atoms with E-state index in [9.17, 15) is 4.79 Å². The summed E-state index contributed by atoms with van der Waals surface area (Å²) in [5.74, 6) is -0.738. The Bertz CT molecular complexity index is 436. The van der Waals surface area contributed by atoms with Gasteiger partial charge in [0.25, 0.3) is 0 Å². The van der Waals surface area contributed by atoms with Crippen molar-refractivity contribution in [2.45, 2.75) is 33.1 Å². The molecule has 0 aliphatic heterocycles. The number of halogens is 1. The molecule has 18 heavy (non-hydrogen) atoms. The molecule has 0 unspecified atom stereocenters. The van der Waals surface area contributed by atoms with Crippen LogP contribution in [0.15, 0.2) is 30.3 Å². The number of hydrogen-bond acceptors (Lipinski definition) is 1. The highest BCUT2D eigenvalue weighted by Gasteiger charge is 2.25. The van der Waals surface area contributed by atoms with Crippen LogP contribution in [0.2, 0.25) is 5.02 Å². The van der Waals surface area contributed by atoms with E-state index < -0.39 is 11.4 Å². The zero-order valence-corrected chi connectivity index (χ0v) is 11.6. The summed E-state index contributed by atoms with van der Waals surface area (Å²) < 4.78 is 0. The van der Waals surface area contributed by atoms with Gasteiger partial charge in [-0.1, -0.05) is 42.0 Å². The molecule has 0 saturated carbocycles. The predicted molar refractivity (Wildman–Crippen MR) is 75.8 cm³/mol. The molecule has 1 aromatic rings. The van der Waals surface area contributed by atoms with Gasteiger partial charge in [-0.05, 0) is 44.7 Å². The Morgan fingerprint density at radius 1 is 1.39 bits per heavy atom. The number of carboxylic acid groups (broad SMARTS) is 1. The number of aliphatic carboxylic acids is 1. The lowest BCUT2D eigenvalue weighted by atomic mass is 9.87. The van der Waals surface area contributed by atoms with E-state index in [1.807, 2.05) is 36.4 Å². The number of allylic oxidation sites excluding steroid dienone is 1. The predicted octanol–water partition coefficient (Wildman–Crippen LogP) is 4.63. The van der Waals surface area contributed by atoms with Crippen LogP contribution < -0.4 is 0 Å². The van der Waals surface area contributed by atoms with Gasteiger partial charge in [0.15, 0.2) is 0 Å². The zero-order valence-electron chi connectivity index (χ0n) is 10.8. The van der Waals surface area contributed by atoms with Gasteiger partial charge >= 0.3 is 5.97 Å². The summed E-state index contributed by atoms with van der Waals surface area (Å²) in [6, 6.07) is 7.66. The van der Waals surface area contributed by atoms with Crippen LogP contribution in [0.25, 0.3) is 6.08 Å². The highest BCUT2D eigenvalue weighted by atomic mass is 35.5. The van der Waals surface area contributed by atoms with Gasteiger partial charge in [0, 0.05) is 5.02 Å². The summed E-state index contributed by atoms with van der Waals surface area (Å²) in [4.78, 5) is 10.9. The van der Waals surface area contributed by atoms with Crippen molar-refractivity contribution in [1.82, 2.24) is 0 Å². The maximum atomic E-state index is 10.9. The monoisotopic (exact) mass is 266 g/mol. The average molecular weight is 267 g/mol. The molecule has 0 saturated heterocycles. The fourth-order valence-corrected chi connectivity index (χ4v) is 1.79. The third-order valence-corrected chi connectivity index (χ3v) is 3.30. The first-order valence-electron chi connectivity index (χ1n) is 6.08. The number of rotatable bonds is 6. The number of carboxylic acids is 1. The molecule has 0 bridgehead atoms. The minimum absolute atomic E-state index is 0.641. The highest BCUT2D eigenvalue weighted by molar-refractivity contribution is 6.32. The molecule has 0 atom stereocenters. The van der Waals surface area contributed by atoms with Gasteiger partial charge < -0.3 is 5.11 Å². The summed E-state index contributed by atoms with van der Waals surface area (Å²) in [5.41, 5.74) is 0.356. The van der Waals surface area contributed by atoms with Gasteiger partial charge in [0.2, 0.25) is 0 Å². The average Bonchev–Trinajstić information content (AvgIpc) is 2.30. The van der Waals surface area contributed by atoms with Gasteiger partial charge in [-0.15, -0.1) is 0 Å². The van der Waals surface area contributed by atoms with E-state index in [-0.39, 0.29) is 0 Å². The minimum atomic E-state index is -0.738. The van der Waals surface area contributed by atoms with Crippen LogP contribution in [0, 0.1) is 5.41 Å². The molecule has 0 amide bonds.